The molecular weight excluding hydrogens is 236 g/mol. The SMILES string of the molecule is CCC(=O)CCCOc1cc(C)c(Cl)c(C)c1. The molecule has 1 aromatic rings. The van der Waals surface area contributed by atoms with E-state index >= 15 is 0 Å². The van der Waals surface area contributed by atoms with Crippen LogP contribution in [0.1, 0.15) is 37.3 Å². The molecule has 0 aliphatic heterocycles. The summed E-state index contributed by atoms with van der Waals surface area (Å²) in [6.45, 7) is 6.38. The second-order valence-electron chi connectivity index (χ2n) is 4.22. The highest BCUT2D eigenvalue weighted by Crippen LogP contribution is 2.25. The number of carbonyl (C=O) groups is 1. The number of benzene rings is 1. The molecule has 0 saturated carbocycles. The second-order valence-corrected chi connectivity index (χ2v) is 4.59. The van der Waals surface area contributed by atoms with Gasteiger partial charge in [0.05, 0.1) is 6.61 Å². The predicted octanol–water partition coefficient (Wildman–Crippen LogP) is 4.09. The van der Waals surface area contributed by atoms with Crippen LogP contribution in [0.5, 0.6) is 5.75 Å². The van der Waals surface area contributed by atoms with Gasteiger partial charge < -0.3 is 4.74 Å². The Labute approximate surface area is 108 Å². The van der Waals surface area contributed by atoms with Crippen molar-refractivity contribution in [3.63, 3.8) is 0 Å². The minimum Gasteiger partial charge on any atom is -0.494 e. The highest BCUT2D eigenvalue weighted by molar-refractivity contribution is 6.32. The molecule has 0 radical (unpaired) electrons. The first kappa shape index (κ1) is 14.0. The van der Waals surface area contributed by atoms with E-state index < -0.39 is 0 Å². The maximum Gasteiger partial charge on any atom is 0.132 e. The van der Waals surface area contributed by atoms with Crippen molar-refractivity contribution in [1.29, 1.82) is 0 Å². The average molecular weight is 255 g/mol. The van der Waals surface area contributed by atoms with Gasteiger partial charge in [-0.2, -0.15) is 0 Å². The molecule has 17 heavy (non-hydrogen) atoms. The second kappa shape index (κ2) is 6.65. The van der Waals surface area contributed by atoms with Crippen LogP contribution in [-0.2, 0) is 4.79 Å². The van der Waals surface area contributed by atoms with Crippen LogP contribution in [0.25, 0.3) is 0 Å². The third kappa shape index (κ3) is 4.39. The minimum absolute atomic E-state index is 0.289. The molecule has 1 aromatic carbocycles. The lowest BCUT2D eigenvalue weighted by Crippen LogP contribution is -2.02. The molecule has 0 spiro atoms. The van der Waals surface area contributed by atoms with Gasteiger partial charge >= 0.3 is 0 Å². The highest BCUT2D eigenvalue weighted by atomic mass is 35.5. The summed E-state index contributed by atoms with van der Waals surface area (Å²) < 4.78 is 5.61. The van der Waals surface area contributed by atoms with Crippen molar-refractivity contribution in [3.8, 4) is 5.75 Å². The van der Waals surface area contributed by atoms with Gasteiger partial charge in [0.15, 0.2) is 0 Å². The molecule has 0 fully saturated rings. The van der Waals surface area contributed by atoms with Crippen LogP contribution in [0.15, 0.2) is 12.1 Å². The molecule has 1 rings (SSSR count). The van der Waals surface area contributed by atoms with E-state index in [2.05, 4.69) is 0 Å². The molecule has 0 aliphatic carbocycles. The van der Waals surface area contributed by atoms with Gasteiger partial charge in [-0.3, -0.25) is 4.79 Å². The summed E-state index contributed by atoms with van der Waals surface area (Å²) in [6.07, 6.45) is 1.98. The number of carbonyl (C=O) groups excluding carboxylic acids is 1. The molecule has 0 N–H and O–H groups in total. The number of hydrogen-bond donors (Lipinski definition) is 0. The van der Waals surface area contributed by atoms with Gasteiger partial charge in [-0.25, -0.2) is 0 Å². The van der Waals surface area contributed by atoms with E-state index in [-0.39, 0.29) is 5.78 Å². The van der Waals surface area contributed by atoms with Crippen molar-refractivity contribution in [3.05, 3.63) is 28.3 Å². The number of Topliss-reactive ketones (excluding diaryl/α,β-unsaturated/α-hetero) is 1. The van der Waals surface area contributed by atoms with Gasteiger partial charge in [0.2, 0.25) is 0 Å². The molecule has 0 amide bonds. The summed E-state index contributed by atoms with van der Waals surface area (Å²) in [7, 11) is 0. The zero-order valence-electron chi connectivity index (χ0n) is 10.7. The minimum atomic E-state index is 0.289. The van der Waals surface area contributed by atoms with E-state index in [0.29, 0.717) is 19.4 Å². The quantitative estimate of drug-likeness (QED) is 0.715. The Kier molecular flexibility index (Phi) is 5.49. The van der Waals surface area contributed by atoms with Crippen molar-refractivity contribution in [2.24, 2.45) is 0 Å². The van der Waals surface area contributed by atoms with Crippen LogP contribution in [-0.4, -0.2) is 12.4 Å². The van der Waals surface area contributed by atoms with Gasteiger partial charge in [-0.1, -0.05) is 18.5 Å². The van der Waals surface area contributed by atoms with Crippen molar-refractivity contribution < 1.29 is 9.53 Å². The number of ketones is 1. The molecule has 3 heteroatoms. The summed E-state index contributed by atoms with van der Waals surface area (Å²) in [5, 5.41) is 0.790. The summed E-state index contributed by atoms with van der Waals surface area (Å²) in [5.41, 5.74) is 2.04. The number of hydrogen-bond acceptors (Lipinski definition) is 2. The fraction of sp³-hybridized carbons (Fsp3) is 0.500. The Balaban J connectivity index is 2.45. The first-order valence-corrected chi connectivity index (χ1v) is 6.33. The summed E-state index contributed by atoms with van der Waals surface area (Å²) in [6, 6.07) is 3.86. The Hall–Kier alpha value is -1.02. The van der Waals surface area contributed by atoms with Crippen molar-refractivity contribution in [2.45, 2.75) is 40.0 Å². The normalized spacial score (nSPS) is 10.4. The van der Waals surface area contributed by atoms with Crippen LogP contribution >= 0.6 is 11.6 Å². The molecule has 0 bridgehead atoms. The van der Waals surface area contributed by atoms with E-state index in [4.69, 9.17) is 16.3 Å². The smallest absolute Gasteiger partial charge is 0.132 e. The monoisotopic (exact) mass is 254 g/mol. The van der Waals surface area contributed by atoms with Crippen LogP contribution in [0.3, 0.4) is 0 Å². The Morgan fingerprint density at radius 1 is 1.29 bits per heavy atom. The summed E-state index contributed by atoms with van der Waals surface area (Å²) in [4.78, 5) is 11.1. The van der Waals surface area contributed by atoms with E-state index in [0.717, 1.165) is 28.3 Å². The molecule has 0 heterocycles. The molecule has 0 aromatic heterocycles. The zero-order chi connectivity index (χ0) is 12.8. The van der Waals surface area contributed by atoms with E-state index in [9.17, 15) is 4.79 Å². The van der Waals surface area contributed by atoms with Gasteiger partial charge in [-0.05, 0) is 43.5 Å². The summed E-state index contributed by atoms with van der Waals surface area (Å²) in [5.74, 6) is 1.12. The maximum absolute atomic E-state index is 11.1. The first-order chi connectivity index (χ1) is 8.04. The van der Waals surface area contributed by atoms with E-state index in [1.807, 2.05) is 32.9 Å². The lowest BCUT2D eigenvalue weighted by molar-refractivity contribution is -0.118. The molecule has 0 aliphatic rings. The molecule has 0 unspecified atom stereocenters. The highest BCUT2D eigenvalue weighted by Gasteiger charge is 2.04. The van der Waals surface area contributed by atoms with Crippen molar-refractivity contribution in [1.82, 2.24) is 0 Å². The van der Waals surface area contributed by atoms with Gasteiger partial charge in [0.25, 0.3) is 0 Å². The Bertz CT molecular complexity index is 376. The topological polar surface area (TPSA) is 26.3 Å². The van der Waals surface area contributed by atoms with Crippen LogP contribution in [0, 0.1) is 13.8 Å². The van der Waals surface area contributed by atoms with Crippen LogP contribution in [0.4, 0.5) is 0 Å². The Morgan fingerprint density at radius 2 is 1.88 bits per heavy atom. The van der Waals surface area contributed by atoms with Gasteiger partial charge in [-0.15, -0.1) is 0 Å². The lowest BCUT2D eigenvalue weighted by Gasteiger charge is -2.09. The third-order valence-electron chi connectivity index (χ3n) is 2.67. The van der Waals surface area contributed by atoms with Gasteiger partial charge in [0, 0.05) is 17.9 Å². The standard InChI is InChI=1S/C14H19ClO2/c1-4-12(16)6-5-7-17-13-8-10(2)14(15)11(3)9-13/h8-9H,4-7H2,1-3H3. The predicted molar refractivity (Wildman–Crippen MR) is 71.0 cm³/mol. The summed E-state index contributed by atoms with van der Waals surface area (Å²) >= 11 is 6.07. The maximum atomic E-state index is 11.1. The molecule has 0 atom stereocenters. The number of rotatable bonds is 6. The fourth-order valence-electron chi connectivity index (χ4n) is 1.63. The van der Waals surface area contributed by atoms with E-state index in [1.54, 1.807) is 0 Å². The molecule has 2 nitrogen and oxygen atoms in total. The van der Waals surface area contributed by atoms with Crippen molar-refractivity contribution in [2.75, 3.05) is 6.61 Å². The average Bonchev–Trinajstić information content (AvgIpc) is 2.31. The van der Waals surface area contributed by atoms with E-state index in [1.165, 1.54) is 0 Å². The number of aryl methyl sites for hydroxylation is 2. The number of ether oxygens (including phenoxy) is 1. The van der Waals surface area contributed by atoms with Crippen LogP contribution in [0.2, 0.25) is 5.02 Å². The zero-order valence-corrected chi connectivity index (χ0v) is 11.4. The largest absolute Gasteiger partial charge is 0.494 e. The molecule has 0 saturated heterocycles. The van der Waals surface area contributed by atoms with Crippen molar-refractivity contribution >= 4 is 17.4 Å². The third-order valence-corrected chi connectivity index (χ3v) is 3.27. The fourth-order valence-corrected chi connectivity index (χ4v) is 1.73. The van der Waals surface area contributed by atoms with Gasteiger partial charge in [0.1, 0.15) is 11.5 Å². The lowest BCUT2D eigenvalue weighted by atomic mass is 10.1. The first-order valence-electron chi connectivity index (χ1n) is 5.95. The Morgan fingerprint density at radius 3 is 2.41 bits per heavy atom. The number of halogens is 1. The van der Waals surface area contributed by atoms with Crippen LogP contribution < -0.4 is 4.74 Å². The molecule has 94 valence electrons. The molecular formula is C14H19ClO2.